The van der Waals surface area contributed by atoms with Gasteiger partial charge in [0.05, 0.1) is 6.61 Å². The first kappa shape index (κ1) is 12.0. The maximum Gasteiger partial charge on any atom is 0.485 e. The van der Waals surface area contributed by atoms with E-state index in [1.54, 1.807) is 6.07 Å². The molecule has 90 valence electrons. The molecule has 2 nitrogen and oxygen atoms in total. The summed E-state index contributed by atoms with van der Waals surface area (Å²) >= 11 is 0. The number of hydrogen-bond acceptors (Lipinski definition) is 2. The van der Waals surface area contributed by atoms with Crippen molar-refractivity contribution < 1.29 is 18.3 Å². The number of alkyl halides is 2. The van der Waals surface area contributed by atoms with Crippen molar-refractivity contribution in [2.45, 2.75) is 12.9 Å². The van der Waals surface area contributed by atoms with Crippen LogP contribution in [0.4, 0.5) is 8.78 Å². The first-order chi connectivity index (χ1) is 8.11. The minimum absolute atomic E-state index is 0.189. The Labute approximate surface area is 97.8 Å². The van der Waals surface area contributed by atoms with Gasteiger partial charge in [0.1, 0.15) is 0 Å². The first-order valence-electron chi connectivity index (χ1n) is 5.15. The number of halogens is 2. The van der Waals surface area contributed by atoms with Crippen LogP contribution in [0, 0.1) is 0 Å². The van der Waals surface area contributed by atoms with Gasteiger partial charge in [-0.15, -0.1) is 8.78 Å². The molecule has 0 aliphatic carbocycles. The van der Waals surface area contributed by atoms with Crippen molar-refractivity contribution in [3.8, 4) is 0 Å². The maximum atomic E-state index is 12.7. The minimum Gasteiger partial charge on any atom is -0.299 e. The summed E-state index contributed by atoms with van der Waals surface area (Å²) in [5, 5.41) is 2.06. The monoisotopic (exact) mass is 238 g/mol. The summed E-state index contributed by atoms with van der Waals surface area (Å²) in [5.74, 6) is 0. The van der Waals surface area contributed by atoms with E-state index in [0.717, 1.165) is 17.9 Å². The van der Waals surface area contributed by atoms with Crippen LogP contribution in [0.2, 0.25) is 0 Å². The van der Waals surface area contributed by atoms with Crippen molar-refractivity contribution in [1.82, 2.24) is 0 Å². The molecule has 2 rings (SSSR count). The fourth-order valence-corrected chi connectivity index (χ4v) is 1.55. The van der Waals surface area contributed by atoms with Crippen LogP contribution in [0.1, 0.15) is 5.56 Å². The zero-order valence-corrected chi connectivity index (χ0v) is 9.32. The molecule has 0 aliphatic rings. The summed E-state index contributed by atoms with van der Waals surface area (Å²) < 4.78 is 33.7. The molecular weight excluding hydrogens is 226 g/mol. The van der Waals surface area contributed by atoms with Crippen LogP contribution in [0.5, 0.6) is 0 Å². The van der Waals surface area contributed by atoms with Gasteiger partial charge < -0.3 is 0 Å². The second kappa shape index (κ2) is 4.77. The number of ether oxygens (including phenoxy) is 2. The van der Waals surface area contributed by atoms with E-state index in [1.807, 2.05) is 36.4 Å². The second-order valence-corrected chi connectivity index (χ2v) is 3.64. The van der Waals surface area contributed by atoms with E-state index in [2.05, 4.69) is 9.47 Å². The molecular formula is C13H12F2O2. The second-order valence-electron chi connectivity index (χ2n) is 3.64. The van der Waals surface area contributed by atoms with Crippen LogP contribution in [-0.2, 0) is 16.1 Å². The quantitative estimate of drug-likeness (QED) is 0.758. The summed E-state index contributed by atoms with van der Waals surface area (Å²) in [6.45, 7) is -0.189. The summed E-state index contributed by atoms with van der Waals surface area (Å²) in [5.41, 5.74) is 0.681. The largest absolute Gasteiger partial charge is 0.485 e. The highest BCUT2D eigenvalue weighted by atomic mass is 19.3. The van der Waals surface area contributed by atoms with Crippen molar-refractivity contribution in [3.05, 3.63) is 48.0 Å². The molecule has 0 fully saturated rings. The van der Waals surface area contributed by atoms with Gasteiger partial charge in [0, 0.05) is 7.11 Å². The smallest absolute Gasteiger partial charge is 0.299 e. The number of methoxy groups -OCH3 is 1. The van der Waals surface area contributed by atoms with Gasteiger partial charge in [-0.2, -0.15) is 0 Å². The lowest BCUT2D eigenvalue weighted by molar-refractivity contribution is -0.387. The summed E-state index contributed by atoms with van der Waals surface area (Å²) in [6.07, 6.45) is -3.54. The molecule has 0 radical (unpaired) electrons. The SMILES string of the molecule is COC(F)(F)OCc1ccc2ccccc2c1. The Balaban J connectivity index is 2.14. The van der Waals surface area contributed by atoms with Gasteiger partial charge in [0.15, 0.2) is 0 Å². The molecule has 0 atom stereocenters. The van der Waals surface area contributed by atoms with Crippen LogP contribution in [0.3, 0.4) is 0 Å². The molecule has 0 spiro atoms. The van der Waals surface area contributed by atoms with Crippen molar-refractivity contribution in [3.63, 3.8) is 0 Å². The van der Waals surface area contributed by atoms with E-state index in [0.29, 0.717) is 5.56 Å². The predicted octanol–water partition coefficient (Wildman–Crippen LogP) is 3.55. The summed E-state index contributed by atoms with van der Waals surface area (Å²) in [4.78, 5) is 0. The fourth-order valence-electron chi connectivity index (χ4n) is 1.55. The fraction of sp³-hybridized carbons (Fsp3) is 0.231. The number of rotatable bonds is 4. The molecule has 0 amide bonds. The Morgan fingerprint density at radius 1 is 1.06 bits per heavy atom. The van der Waals surface area contributed by atoms with Crippen molar-refractivity contribution >= 4 is 10.8 Å². The first-order valence-corrected chi connectivity index (χ1v) is 5.15. The third-order valence-corrected chi connectivity index (χ3v) is 2.46. The molecule has 0 saturated heterocycles. The summed E-state index contributed by atoms with van der Waals surface area (Å²) in [7, 11) is 0.903. The highest BCUT2D eigenvalue weighted by Gasteiger charge is 2.29. The van der Waals surface area contributed by atoms with Gasteiger partial charge in [0.2, 0.25) is 0 Å². The molecule has 0 saturated carbocycles. The lowest BCUT2D eigenvalue weighted by Crippen LogP contribution is -2.22. The van der Waals surface area contributed by atoms with E-state index < -0.39 is 6.29 Å². The standard InChI is InChI=1S/C13H12F2O2/c1-16-13(14,15)17-9-10-6-7-11-4-2-3-5-12(11)8-10/h2-8H,9H2,1H3. The van der Waals surface area contributed by atoms with E-state index in [1.165, 1.54) is 0 Å². The van der Waals surface area contributed by atoms with Crippen LogP contribution in [0.25, 0.3) is 10.8 Å². The molecule has 2 aromatic carbocycles. The highest BCUT2D eigenvalue weighted by Crippen LogP contribution is 2.20. The van der Waals surface area contributed by atoms with Gasteiger partial charge >= 0.3 is 6.29 Å². The lowest BCUT2D eigenvalue weighted by Gasteiger charge is -2.13. The lowest BCUT2D eigenvalue weighted by atomic mass is 10.1. The molecule has 0 N–H and O–H groups in total. The van der Waals surface area contributed by atoms with Crippen LogP contribution in [0.15, 0.2) is 42.5 Å². The van der Waals surface area contributed by atoms with Crippen LogP contribution >= 0.6 is 0 Å². The number of fused-ring (bicyclic) bond motifs is 1. The van der Waals surface area contributed by atoms with E-state index in [9.17, 15) is 8.78 Å². The number of benzene rings is 2. The molecule has 0 heterocycles. The molecule has 0 aromatic heterocycles. The van der Waals surface area contributed by atoms with E-state index in [4.69, 9.17) is 0 Å². The predicted molar refractivity (Wildman–Crippen MR) is 60.7 cm³/mol. The average Bonchev–Trinajstić information content (AvgIpc) is 2.36. The van der Waals surface area contributed by atoms with E-state index in [-0.39, 0.29) is 6.61 Å². The topological polar surface area (TPSA) is 18.5 Å². The minimum atomic E-state index is -3.54. The molecule has 0 aliphatic heterocycles. The van der Waals surface area contributed by atoms with Gasteiger partial charge in [-0.1, -0.05) is 36.4 Å². The molecule has 0 unspecified atom stereocenters. The Morgan fingerprint density at radius 3 is 2.47 bits per heavy atom. The third-order valence-electron chi connectivity index (χ3n) is 2.46. The molecule has 2 aromatic rings. The van der Waals surface area contributed by atoms with Crippen LogP contribution in [-0.4, -0.2) is 13.4 Å². The Bertz CT molecular complexity index is 512. The highest BCUT2D eigenvalue weighted by molar-refractivity contribution is 5.82. The number of hydrogen-bond donors (Lipinski definition) is 0. The van der Waals surface area contributed by atoms with Crippen molar-refractivity contribution in [2.75, 3.05) is 7.11 Å². The Morgan fingerprint density at radius 2 is 1.76 bits per heavy atom. The van der Waals surface area contributed by atoms with E-state index >= 15 is 0 Å². The average molecular weight is 238 g/mol. The zero-order chi connectivity index (χ0) is 12.3. The molecule has 0 bridgehead atoms. The van der Waals surface area contributed by atoms with Gasteiger partial charge in [-0.05, 0) is 22.4 Å². The third kappa shape index (κ3) is 2.99. The Hall–Kier alpha value is -1.52. The van der Waals surface area contributed by atoms with Crippen molar-refractivity contribution in [1.29, 1.82) is 0 Å². The maximum absolute atomic E-state index is 12.7. The van der Waals surface area contributed by atoms with Crippen LogP contribution < -0.4 is 0 Å². The Kier molecular flexibility index (Phi) is 3.36. The van der Waals surface area contributed by atoms with Gasteiger partial charge in [0.25, 0.3) is 0 Å². The molecule has 17 heavy (non-hydrogen) atoms. The zero-order valence-electron chi connectivity index (χ0n) is 9.32. The summed E-state index contributed by atoms with van der Waals surface area (Å²) in [6, 6.07) is 13.2. The van der Waals surface area contributed by atoms with Gasteiger partial charge in [-0.25, -0.2) is 0 Å². The van der Waals surface area contributed by atoms with Gasteiger partial charge in [-0.3, -0.25) is 9.47 Å². The molecule has 4 heteroatoms. The van der Waals surface area contributed by atoms with Crippen molar-refractivity contribution in [2.24, 2.45) is 0 Å². The normalized spacial score (nSPS) is 11.9.